The summed E-state index contributed by atoms with van der Waals surface area (Å²) in [4.78, 5) is 46.1. The molecule has 0 atom stereocenters. The number of carbonyl (C=O) groups excluding carboxylic acids is 1. The van der Waals surface area contributed by atoms with E-state index in [0.717, 1.165) is 5.69 Å². The van der Waals surface area contributed by atoms with Crippen molar-refractivity contribution in [1.29, 1.82) is 0 Å². The summed E-state index contributed by atoms with van der Waals surface area (Å²) in [6.07, 6.45) is 3.41. The van der Waals surface area contributed by atoms with Crippen molar-refractivity contribution in [3.8, 4) is 0 Å². The largest absolute Gasteiger partial charge is 0.454 e. The molecule has 1 saturated heterocycles. The maximum Gasteiger partial charge on any atom is 0.289 e. The smallest absolute Gasteiger partial charge is 0.289 e. The maximum absolute atomic E-state index is 12.8. The van der Waals surface area contributed by atoms with E-state index in [1.54, 1.807) is 47.6 Å². The second-order valence-corrected chi connectivity index (χ2v) is 8.52. The lowest BCUT2D eigenvalue weighted by Crippen LogP contribution is -2.48. The molecule has 1 fully saturated rings. The van der Waals surface area contributed by atoms with E-state index in [9.17, 15) is 14.4 Å². The minimum atomic E-state index is -0.160. The first kappa shape index (κ1) is 20.4. The van der Waals surface area contributed by atoms with Crippen LogP contribution in [0.4, 0.5) is 0 Å². The topological polar surface area (TPSA) is 93.1 Å². The van der Waals surface area contributed by atoms with Crippen LogP contribution in [-0.2, 0) is 13.1 Å². The Balaban J connectivity index is 1.19. The van der Waals surface area contributed by atoms with E-state index >= 15 is 0 Å². The van der Waals surface area contributed by atoms with Gasteiger partial charge in [-0.2, -0.15) is 0 Å². The van der Waals surface area contributed by atoms with E-state index in [1.165, 1.54) is 26.4 Å². The highest BCUT2D eigenvalue weighted by atomic mass is 32.1. The zero-order valence-corrected chi connectivity index (χ0v) is 18.0. The summed E-state index contributed by atoms with van der Waals surface area (Å²) in [5, 5.41) is 1.84. The number of aromatic nitrogens is 3. The van der Waals surface area contributed by atoms with Crippen molar-refractivity contribution >= 4 is 22.2 Å². The molecular formula is C22H21N5O4S. The molecule has 5 heterocycles. The summed E-state index contributed by atoms with van der Waals surface area (Å²) >= 11 is 1.43. The second-order valence-electron chi connectivity index (χ2n) is 7.64. The first-order valence-corrected chi connectivity index (χ1v) is 11.2. The molecule has 164 valence electrons. The number of pyridine rings is 1. The van der Waals surface area contributed by atoms with Crippen molar-refractivity contribution in [3.63, 3.8) is 0 Å². The summed E-state index contributed by atoms with van der Waals surface area (Å²) in [5.41, 5.74) is 0.541. The molecule has 10 heteroatoms. The molecular weight excluding hydrogens is 430 g/mol. The minimum Gasteiger partial charge on any atom is -0.454 e. The lowest BCUT2D eigenvalue weighted by atomic mass is 10.2. The van der Waals surface area contributed by atoms with Gasteiger partial charge in [-0.25, -0.2) is 4.98 Å². The van der Waals surface area contributed by atoms with Gasteiger partial charge in [0.15, 0.2) is 10.7 Å². The second kappa shape index (κ2) is 8.56. The van der Waals surface area contributed by atoms with Gasteiger partial charge in [-0.1, -0.05) is 6.07 Å². The van der Waals surface area contributed by atoms with Crippen LogP contribution in [0.3, 0.4) is 0 Å². The lowest BCUT2D eigenvalue weighted by Gasteiger charge is -2.34. The van der Waals surface area contributed by atoms with Crippen LogP contribution in [0, 0.1) is 0 Å². The predicted molar refractivity (Wildman–Crippen MR) is 119 cm³/mol. The van der Waals surface area contributed by atoms with Crippen molar-refractivity contribution in [2.24, 2.45) is 0 Å². The molecule has 0 aliphatic carbocycles. The monoisotopic (exact) mass is 451 g/mol. The van der Waals surface area contributed by atoms with Gasteiger partial charge in [-0.3, -0.25) is 23.7 Å². The third-order valence-corrected chi connectivity index (χ3v) is 6.26. The van der Waals surface area contributed by atoms with Gasteiger partial charge in [0.1, 0.15) is 5.76 Å². The molecule has 0 aromatic carbocycles. The molecule has 1 aliphatic heterocycles. The highest BCUT2D eigenvalue weighted by Crippen LogP contribution is 2.15. The quantitative estimate of drug-likeness (QED) is 0.457. The van der Waals surface area contributed by atoms with E-state index in [4.69, 9.17) is 4.42 Å². The molecule has 32 heavy (non-hydrogen) atoms. The van der Waals surface area contributed by atoms with Crippen LogP contribution >= 0.6 is 11.3 Å². The van der Waals surface area contributed by atoms with Gasteiger partial charge in [0.05, 0.1) is 12.2 Å². The standard InChI is InChI=1S/C22H21N5O4S/c28-19-3-1-2-6-26(19)15-17-4-5-18(31-17)21(30)25-9-7-24(8-10-25)14-16-13-20(29)27-11-12-32-22(27)23-16/h1-6,11-13H,7-10,14-15H2. The molecule has 0 bridgehead atoms. The first-order chi connectivity index (χ1) is 15.6. The number of hydrogen-bond donors (Lipinski definition) is 0. The van der Waals surface area contributed by atoms with E-state index in [1.807, 2.05) is 5.38 Å². The number of fused-ring (bicyclic) bond motifs is 1. The summed E-state index contributed by atoms with van der Waals surface area (Å²) in [7, 11) is 0. The molecule has 0 spiro atoms. The van der Waals surface area contributed by atoms with Crippen LogP contribution < -0.4 is 11.1 Å². The number of rotatable bonds is 5. The molecule has 0 radical (unpaired) electrons. The van der Waals surface area contributed by atoms with Gasteiger partial charge < -0.3 is 13.9 Å². The Kier molecular flexibility index (Phi) is 5.46. The SMILES string of the molecule is O=C(c1ccc(Cn2ccccc2=O)o1)N1CCN(Cc2cc(=O)n3ccsc3n2)CC1. The highest BCUT2D eigenvalue weighted by molar-refractivity contribution is 7.15. The molecule has 1 aliphatic rings. The van der Waals surface area contributed by atoms with Crippen LogP contribution in [-0.4, -0.2) is 55.8 Å². The fraction of sp³-hybridized carbons (Fsp3) is 0.273. The number of thiazole rings is 1. The Morgan fingerprint density at radius 3 is 2.66 bits per heavy atom. The van der Waals surface area contributed by atoms with Gasteiger partial charge in [0, 0.05) is 62.6 Å². The molecule has 5 rings (SSSR count). The van der Waals surface area contributed by atoms with Gasteiger partial charge >= 0.3 is 0 Å². The van der Waals surface area contributed by atoms with Crippen LogP contribution in [0.2, 0.25) is 0 Å². The predicted octanol–water partition coefficient (Wildman–Crippen LogP) is 1.52. The number of piperazine rings is 1. The summed E-state index contributed by atoms with van der Waals surface area (Å²) in [5.74, 6) is 0.671. The van der Waals surface area contributed by atoms with Gasteiger partial charge in [0.2, 0.25) is 0 Å². The average molecular weight is 452 g/mol. The summed E-state index contributed by atoms with van der Waals surface area (Å²) < 4.78 is 8.78. The zero-order valence-electron chi connectivity index (χ0n) is 17.2. The summed E-state index contributed by atoms with van der Waals surface area (Å²) in [6, 6.07) is 9.91. The van der Waals surface area contributed by atoms with Crippen molar-refractivity contribution < 1.29 is 9.21 Å². The van der Waals surface area contributed by atoms with E-state index in [2.05, 4.69) is 9.88 Å². The Morgan fingerprint density at radius 2 is 1.84 bits per heavy atom. The van der Waals surface area contributed by atoms with Crippen molar-refractivity contribution in [2.45, 2.75) is 13.1 Å². The molecule has 0 N–H and O–H groups in total. The Morgan fingerprint density at radius 1 is 1.00 bits per heavy atom. The van der Waals surface area contributed by atoms with Crippen LogP contribution in [0.25, 0.3) is 4.96 Å². The number of nitrogens with zero attached hydrogens (tertiary/aromatic N) is 5. The van der Waals surface area contributed by atoms with Gasteiger partial charge in [-0.05, 0) is 18.2 Å². The molecule has 1 amide bonds. The van der Waals surface area contributed by atoms with Crippen LogP contribution in [0.1, 0.15) is 22.0 Å². The maximum atomic E-state index is 12.8. The zero-order chi connectivity index (χ0) is 22.1. The normalized spacial score (nSPS) is 14.8. The third kappa shape index (κ3) is 4.14. The number of hydrogen-bond acceptors (Lipinski definition) is 7. The third-order valence-electron chi connectivity index (χ3n) is 5.50. The Labute approximate surface area is 186 Å². The lowest BCUT2D eigenvalue weighted by molar-refractivity contribution is 0.0594. The van der Waals surface area contributed by atoms with Crippen molar-refractivity contribution in [2.75, 3.05) is 26.2 Å². The fourth-order valence-corrected chi connectivity index (χ4v) is 4.54. The Bertz CT molecular complexity index is 1380. The number of carbonyl (C=O) groups is 1. The summed E-state index contributed by atoms with van der Waals surface area (Å²) in [6.45, 7) is 3.35. The Hall–Kier alpha value is -3.50. The fourth-order valence-electron chi connectivity index (χ4n) is 3.80. The number of furan rings is 1. The molecule has 4 aromatic heterocycles. The van der Waals surface area contributed by atoms with E-state index in [0.29, 0.717) is 43.4 Å². The first-order valence-electron chi connectivity index (χ1n) is 10.3. The van der Waals surface area contributed by atoms with Gasteiger partial charge in [0.25, 0.3) is 17.0 Å². The van der Waals surface area contributed by atoms with Crippen LogP contribution in [0.5, 0.6) is 0 Å². The molecule has 0 unspecified atom stereocenters. The molecule has 0 saturated carbocycles. The average Bonchev–Trinajstić information content (AvgIpc) is 3.45. The van der Waals surface area contributed by atoms with Crippen molar-refractivity contribution in [1.82, 2.24) is 23.8 Å². The molecule has 4 aromatic rings. The van der Waals surface area contributed by atoms with E-state index < -0.39 is 0 Å². The molecule has 9 nitrogen and oxygen atoms in total. The van der Waals surface area contributed by atoms with Gasteiger partial charge in [-0.15, -0.1) is 11.3 Å². The highest BCUT2D eigenvalue weighted by Gasteiger charge is 2.24. The van der Waals surface area contributed by atoms with E-state index in [-0.39, 0.29) is 29.3 Å². The minimum absolute atomic E-state index is 0.0774. The van der Waals surface area contributed by atoms with Crippen LogP contribution in [0.15, 0.2) is 68.2 Å². The number of amides is 1. The van der Waals surface area contributed by atoms with Crippen molar-refractivity contribution in [3.05, 3.63) is 92.1 Å².